The summed E-state index contributed by atoms with van der Waals surface area (Å²) in [4.78, 5) is 31.0. The Kier molecular flexibility index (Phi) is 7.45. The number of piperidine rings is 1. The van der Waals surface area contributed by atoms with Gasteiger partial charge >= 0.3 is 12.1 Å². The van der Waals surface area contributed by atoms with Crippen LogP contribution in [0.1, 0.15) is 38.7 Å². The number of anilines is 1. The van der Waals surface area contributed by atoms with Gasteiger partial charge in [0.05, 0.1) is 19.0 Å². The van der Waals surface area contributed by atoms with Crippen LogP contribution in [0.15, 0.2) is 42.6 Å². The van der Waals surface area contributed by atoms with Gasteiger partial charge in [-0.3, -0.25) is 0 Å². The molecule has 0 aliphatic carbocycles. The van der Waals surface area contributed by atoms with Gasteiger partial charge in [0.25, 0.3) is 0 Å². The first-order chi connectivity index (χ1) is 15.1. The molecule has 2 N–H and O–H groups in total. The maximum absolute atomic E-state index is 12.7. The molecule has 1 aliphatic heterocycles. The van der Waals surface area contributed by atoms with Gasteiger partial charge in [0.15, 0.2) is 0 Å². The monoisotopic (exact) mass is 460 g/mol. The van der Waals surface area contributed by atoms with E-state index in [0.29, 0.717) is 30.4 Å². The van der Waals surface area contributed by atoms with Crippen LogP contribution in [0.3, 0.4) is 0 Å². The van der Waals surface area contributed by atoms with E-state index in [2.05, 4.69) is 15.6 Å². The van der Waals surface area contributed by atoms with Crippen molar-refractivity contribution in [3.8, 4) is 5.75 Å². The largest absolute Gasteiger partial charge is 0.497 e. The Labute approximate surface area is 193 Å². The molecule has 1 aromatic heterocycles. The van der Waals surface area contributed by atoms with Gasteiger partial charge in [-0.25, -0.2) is 14.6 Å². The second kappa shape index (κ2) is 10.1. The van der Waals surface area contributed by atoms with Crippen LogP contribution in [0, 0.1) is 0 Å². The van der Waals surface area contributed by atoms with Crippen molar-refractivity contribution < 1.29 is 19.1 Å². The summed E-state index contributed by atoms with van der Waals surface area (Å²) in [5, 5.41) is 6.17. The third-order valence-corrected chi connectivity index (χ3v) is 5.33. The first kappa shape index (κ1) is 23.7. The second-order valence-corrected chi connectivity index (χ2v) is 9.06. The van der Waals surface area contributed by atoms with Crippen LogP contribution in [0.2, 0.25) is 5.15 Å². The molecule has 2 heterocycles. The number of urea groups is 1. The molecule has 9 heteroatoms. The van der Waals surface area contributed by atoms with E-state index in [9.17, 15) is 9.59 Å². The van der Waals surface area contributed by atoms with Crippen molar-refractivity contribution in [2.75, 3.05) is 25.5 Å². The molecule has 0 bridgehead atoms. The van der Waals surface area contributed by atoms with Crippen LogP contribution in [0.5, 0.6) is 5.75 Å². The number of aromatic nitrogens is 1. The lowest BCUT2D eigenvalue weighted by Gasteiger charge is -2.39. The maximum atomic E-state index is 12.7. The number of rotatable bonds is 4. The number of methoxy groups -OCH3 is 1. The van der Waals surface area contributed by atoms with Crippen LogP contribution in [0.4, 0.5) is 15.3 Å². The fourth-order valence-electron chi connectivity index (χ4n) is 3.59. The van der Waals surface area contributed by atoms with Crippen molar-refractivity contribution in [1.29, 1.82) is 0 Å². The highest BCUT2D eigenvalue weighted by atomic mass is 35.5. The molecule has 1 unspecified atom stereocenters. The predicted octanol–water partition coefficient (Wildman–Crippen LogP) is 4.66. The fourth-order valence-corrected chi connectivity index (χ4v) is 3.70. The van der Waals surface area contributed by atoms with Crippen LogP contribution in [-0.2, 0) is 4.74 Å². The molecule has 8 nitrogen and oxygen atoms in total. The van der Waals surface area contributed by atoms with E-state index in [1.807, 2.05) is 45.0 Å². The number of hydrogen-bond acceptors (Lipinski definition) is 5. The number of carbonyl (C=O) groups is 2. The molecule has 0 spiro atoms. The molecular weight excluding hydrogens is 432 g/mol. The van der Waals surface area contributed by atoms with Gasteiger partial charge in [-0.15, -0.1) is 0 Å². The molecular formula is C23H29ClN4O4. The Morgan fingerprint density at radius 2 is 1.88 bits per heavy atom. The summed E-state index contributed by atoms with van der Waals surface area (Å²) in [5.74, 6) is 0.627. The number of hydrogen-bond donors (Lipinski definition) is 2. The minimum Gasteiger partial charge on any atom is -0.497 e. The smallest absolute Gasteiger partial charge is 0.410 e. The summed E-state index contributed by atoms with van der Waals surface area (Å²) >= 11 is 5.80. The van der Waals surface area contributed by atoms with Crippen molar-refractivity contribution in [2.24, 2.45) is 0 Å². The fraction of sp³-hybridized carbons (Fsp3) is 0.435. The van der Waals surface area contributed by atoms with Crippen molar-refractivity contribution in [2.45, 2.75) is 44.8 Å². The summed E-state index contributed by atoms with van der Waals surface area (Å²) in [6.07, 6.45) is 1.72. The van der Waals surface area contributed by atoms with Gasteiger partial charge in [0, 0.05) is 25.0 Å². The maximum Gasteiger partial charge on any atom is 0.410 e. The van der Waals surface area contributed by atoms with Crippen molar-refractivity contribution >= 4 is 29.4 Å². The number of likely N-dealkylation sites (tertiary alicyclic amines) is 1. The molecule has 0 radical (unpaired) electrons. The molecule has 1 aliphatic rings. The summed E-state index contributed by atoms with van der Waals surface area (Å²) in [7, 11) is 1.61. The van der Waals surface area contributed by atoms with E-state index in [0.717, 1.165) is 11.3 Å². The number of benzene rings is 1. The molecule has 1 aromatic carbocycles. The molecule has 2 aromatic rings. The number of nitrogens with zero attached hydrogens (tertiary/aromatic N) is 2. The number of halogens is 1. The first-order valence-corrected chi connectivity index (χ1v) is 10.8. The van der Waals surface area contributed by atoms with E-state index in [-0.39, 0.29) is 24.1 Å². The molecule has 3 rings (SSSR count). The number of pyridine rings is 1. The first-order valence-electron chi connectivity index (χ1n) is 10.5. The molecule has 0 saturated carbocycles. The Bertz CT molecular complexity index is 929. The SMILES string of the molecule is COc1ccc([C@@H]2CN(C(=O)OC(C)(C)C)CCC2NC(=O)Nc2ccc(Cl)nc2)cc1. The minimum absolute atomic E-state index is 0.115. The topological polar surface area (TPSA) is 92.8 Å². The molecule has 172 valence electrons. The van der Waals surface area contributed by atoms with Crippen molar-refractivity contribution in [3.05, 3.63) is 53.3 Å². The zero-order valence-corrected chi connectivity index (χ0v) is 19.5. The molecule has 1 fully saturated rings. The third kappa shape index (κ3) is 6.50. The average molecular weight is 461 g/mol. The quantitative estimate of drug-likeness (QED) is 0.647. The van der Waals surface area contributed by atoms with Crippen LogP contribution in [-0.4, -0.2) is 53.9 Å². The van der Waals surface area contributed by atoms with E-state index in [1.165, 1.54) is 6.20 Å². The highest BCUT2D eigenvalue weighted by molar-refractivity contribution is 6.29. The molecule has 1 saturated heterocycles. The van der Waals surface area contributed by atoms with E-state index < -0.39 is 5.60 Å². The van der Waals surface area contributed by atoms with E-state index in [4.69, 9.17) is 21.1 Å². The van der Waals surface area contributed by atoms with Crippen molar-refractivity contribution in [3.63, 3.8) is 0 Å². The standard InChI is InChI=1S/C23H29ClN4O4/c1-23(2,3)32-22(30)28-12-11-19(18(14-28)15-5-8-17(31-4)9-6-15)27-21(29)26-16-7-10-20(24)25-13-16/h5-10,13,18-19H,11-12,14H2,1-4H3,(H2,26,27,29)/t18-,19?/m0/s1. The summed E-state index contributed by atoms with van der Waals surface area (Å²) in [5.41, 5.74) is 0.963. The summed E-state index contributed by atoms with van der Waals surface area (Å²) in [6, 6.07) is 10.4. The zero-order valence-electron chi connectivity index (χ0n) is 18.7. The second-order valence-electron chi connectivity index (χ2n) is 8.67. The zero-order chi connectivity index (χ0) is 23.3. The van der Waals surface area contributed by atoms with Gasteiger partial charge in [-0.1, -0.05) is 23.7 Å². The summed E-state index contributed by atoms with van der Waals surface area (Å²) < 4.78 is 10.8. The van der Waals surface area contributed by atoms with Gasteiger partial charge in [-0.05, 0) is 57.0 Å². The number of carbonyl (C=O) groups excluding carboxylic acids is 2. The lowest BCUT2D eigenvalue weighted by molar-refractivity contribution is 0.0180. The third-order valence-electron chi connectivity index (χ3n) is 5.11. The minimum atomic E-state index is -0.575. The number of amides is 3. The van der Waals surface area contributed by atoms with Gasteiger partial charge in [0.2, 0.25) is 0 Å². The van der Waals surface area contributed by atoms with Gasteiger partial charge in [0.1, 0.15) is 16.5 Å². The Morgan fingerprint density at radius 1 is 1.16 bits per heavy atom. The van der Waals surface area contributed by atoms with Crippen LogP contribution in [0.25, 0.3) is 0 Å². The predicted molar refractivity (Wildman–Crippen MR) is 123 cm³/mol. The molecule has 32 heavy (non-hydrogen) atoms. The summed E-state index contributed by atoms with van der Waals surface area (Å²) in [6.45, 7) is 6.44. The number of ether oxygens (including phenoxy) is 2. The molecule has 2 atom stereocenters. The lowest BCUT2D eigenvalue weighted by atomic mass is 9.86. The van der Waals surface area contributed by atoms with E-state index in [1.54, 1.807) is 24.1 Å². The van der Waals surface area contributed by atoms with E-state index >= 15 is 0 Å². The molecule has 3 amide bonds. The number of nitrogens with one attached hydrogen (secondary N) is 2. The Balaban J connectivity index is 1.74. The highest BCUT2D eigenvalue weighted by Crippen LogP contribution is 2.30. The van der Waals surface area contributed by atoms with Crippen LogP contribution >= 0.6 is 11.6 Å². The Hall–Kier alpha value is -3.00. The Morgan fingerprint density at radius 3 is 2.47 bits per heavy atom. The van der Waals surface area contributed by atoms with Crippen LogP contribution < -0.4 is 15.4 Å². The average Bonchev–Trinajstić information content (AvgIpc) is 2.74. The van der Waals surface area contributed by atoms with Gasteiger partial charge < -0.3 is 25.0 Å². The van der Waals surface area contributed by atoms with Crippen molar-refractivity contribution in [1.82, 2.24) is 15.2 Å². The normalized spacial score (nSPS) is 18.6. The highest BCUT2D eigenvalue weighted by Gasteiger charge is 2.35. The van der Waals surface area contributed by atoms with Gasteiger partial charge in [-0.2, -0.15) is 0 Å². The lowest BCUT2D eigenvalue weighted by Crippen LogP contribution is -2.52.